The van der Waals surface area contributed by atoms with E-state index in [2.05, 4.69) is 84.1 Å². The van der Waals surface area contributed by atoms with Crippen LogP contribution in [0.15, 0.2) is 23.1 Å². The summed E-state index contributed by atoms with van der Waals surface area (Å²) in [5.74, 6) is 26.8. The maximum absolute atomic E-state index is 12.5. The van der Waals surface area contributed by atoms with E-state index in [0.29, 0.717) is 6.42 Å². The van der Waals surface area contributed by atoms with Gasteiger partial charge in [-0.15, -0.1) is 6.42 Å². The molecular formula is C36H34O6S. The van der Waals surface area contributed by atoms with Crippen molar-refractivity contribution >= 4 is 23.0 Å². The topological polar surface area (TPSA) is 89.9 Å². The van der Waals surface area contributed by atoms with Crippen LogP contribution in [0, 0.1) is 83.6 Å². The molecule has 0 saturated carbocycles. The van der Waals surface area contributed by atoms with Crippen molar-refractivity contribution in [1.29, 1.82) is 0 Å². The standard InChI is InChI=1S/C36H34O6S/c1-3-5-7-9-11-13-15-17-19-21-23-25-27-41-35(37)32-29-33(31-34(30-32)43(39)40)36(38)42-28-26-24-22-20-18-16-14-12-10-8-6-4-2/h1,29-31H,4,6,8,10,12,14,16,18,20,22,24,26,28H2,2H3,(H,39,40). The quantitative estimate of drug-likeness (QED) is 0.111. The smallest absolute Gasteiger partial charge is 0.352 e. The molecule has 1 atom stereocenters. The maximum Gasteiger partial charge on any atom is 0.352 e. The van der Waals surface area contributed by atoms with Gasteiger partial charge in [-0.1, -0.05) is 77.6 Å². The predicted octanol–water partition coefficient (Wildman–Crippen LogP) is 5.89. The van der Waals surface area contributed by atoms with Crippen molar-refractivity contribution in [3.63, 3.8) is 0 Å². The van der Waals surface area contributed by atoms with Crippen LogP contribution in [0.1, 0.15) is 105 Å². The van der Waals surface area contributed by atoms with Gasteiger partial charge in [-0.3, -0.25) is 0 Å². The van der Waals surface area contributed by atoms with Crippen LogP contribution in [-0.2, 0) is 20.6 Å². The minimum atomic E-state index is -2.44. The molecule has 0 radical (unpaired) electrons. The molecule has 1 unspecified atom stereocenters. The zero-order valence-electron chi connectivity index (χ0n) is 24.4. The van der Waals surface area contributed by atoms with Gasteiger partial charge < -0.3 is 14.0 Å². The summed E-state index contributed by atoms with van der Waals surface area (Å²) in [4.78, 5) is 24.8. The molecule has 0 heterocycles. The molecule has 0 aliphatic rings. The lowest BCUT2D eigenvalue weighted by Crippen LogP contribution is -2.10. The van der Waals surface area contributed by atoms with Crippen LogP contribution in [-0.4, -0.2) is 27.3 Å². The number of carbonyl (C=O) groups is 2. The van der Waals surface area contributed by atoms with E-state index in [0.717, 1.165) is 25.3 Å². The minimum absolute atomic E-state index is 0.0392. The highest BCUT2D eigenvalue weighted by Crippen LogP contribution is 2.16. The Hall–Kier alpha value is -4.81. The van der Waals surface area contributed by atoms with Gasteiger partial charge in [0.1, 0.15) is 6.11 Å². The molecular weight excluding hydrogens is 560 g/mol. The van der Waals surface area contributed by atoms with Crippen molar-refractivity contribution in [2.24, 2.45) is 0 Å². The molecule has 0 bridgehead atoms. The van der Waals surface area contributed by atoms with E-state index in [1.54, 1.807) is 0 Å². The molecule has 6 nitrogen and oxygen atoms in total. The summed E-state index contributed by atoms with van der Waals surface area (Å²) in [6.45, 7) is 2.44. The number of esters is 2. The van der Waals surface area contributed by atoms with Gasteiger partial charge in [-0.2, -0.15) is 0 Å². The largest absolute Gasteiger partial charge is 0.462 e. The van der Waals surface area contributed by atoms with Crippen molar-refractivity contribution in [3.05, 3.63) is 29.3 Å². The Bertz CT molecular complexity index is 1530. The van der Waals surface area contributed by atoms with Gasteiger partial charge in [0.25, 0.3) is 0 Å². The molecule has 0 spiro atoms. The second-order valence-electron chi connectivity index (χ2n) is 9.03. The fourth-order valence-electron chi connectivity index (χ4n) is 3.60. The van der Waals surface area contributed by atoms with Crippen LogP contribution in [0.2, 0.25) is 0 Å². The number of terminal acetylenes is 1. The van der Waals surface area contributed by atoms with E-state index in [9.17, 15) is 18.4 Å². The number of unbranched alkanes of at least 4 members (excludes halogenated alkanes) is 11. The van der Waals surface area contributed by atoms with Gasteiger partial charge in [0.2, 0.25) is 0 Å². The monoisotopic (exact) mass is 594 g/mol. The Morgan fingerprint density at radius 2 is 1.12 bits per heavy atom. The van der Waals surface area contributed by atoms with Gasteiger partial charge in [0, 0.05) is 35.5 Å². The predicted molar refractivity (Wildman–Crippen MR) is 168 cm³/mol. The summed E-state index contributed by atoms with van der Waals surface area (Å²) in [5, 5.41) is 0. The summed E-state index contributed by atoms with van der Waals surface area (Å²) in [5.41, 5.74) is -0.176. The first kappa shape index (κ1) is 36.2. The number of benzene rings is 1. The van der Waals surface area contributed by atoms with E-state index in [-0.39, 0.29) is 22.6 Å². The Kier molecular flexibility index (Phi) is 21.0. The number of hydrogen-bond donors (Lipinski definition) is 1. The molecule has 0 fully saturated rings. The highest BCUT2D eigenvalue weighted by Gasteiger charge is 2.17. The highest BCUT2D eigenvalue weighted by atomic mass is 32.2. The minimum Gasteiger partial charge on any atom is -0.462 e. The Morgan fingerprint density at radius 1 is 0.674 bits per heavy atom. The lowest BCUT2D eigenvalue weighted by molar-refractivity contribution is 0.0497. The first-order valence-corrected chi connectivity index (χ1v) is 15.2. The molecule has 0 saturated heterocycles. The van der Waals surface area contributed by atoms with E-state index in [1.807, 2.05) is 0 Å². The fraction of sp³-hybridized carbons (Fsp3) is 0.389. The third kappa shape index (κ3) is 19.0. The average molecular weight is 595 g/mol. The van der Waals surface area contributed by atoms with Gasteiger partial charge in [-0.05, 0) is 60.1 Å². The number of rotatable bonds is 16. The summed E-state index contributed by atoms with van der Waals surface area (Å²) in [6.07, 6.45) is 21.3. The molecule has 1 N–H and O–H groups in total. The first-order valence-electron chi connectivity index (χ1n) is 14.1. The number of ether oxygens (including phenoxy) is 2. The van der Waals surface area contributed by atoms with Crippen LogP contribution in [0.3, 0.4) is 0 Å². The van der Waals surface area contributed by atoms with Crippen molar-refractivity contribution in [2.45, 2.75) is 88.9 Å². The van der Waals surface area contributed by atoms with Crippen molar-refractivity contribution < 1.29 is 27.8 Å². The van der Waals surface area contributed by atoms with Gasteiger partial charge >= 0.3 is 11.9 Å². The SMILES string of the molecule is C#CC#CC#CC#CC#CC#CC#COC(=O)c1cc(C(=O)OCCCCCCCCCCCCCC)cc(S(=O)O)c1. The van der Waals surface area contributed by atoms with Crippen LogP contribution >= 0.6 is 0 Å². The molecule has 1 aromatic carbocycles. The molecule has 43 heavy (non-hydrogen) atoms. The van der Waals surface area contributed by atoms with Crippen molar-refractivity contribution in [1.82, 2.24) is 0 Å². The average Bonchev–Trinajstić information content (AvgIpc) is 3.01. The van der Waals surface area contributed by atoms with Crippen LogP contribution in [0.5, 0.6) is 0 Å². The Labute approximate surface area is 258 Å². The van der Waals surface area contributed by atoms with Gasteiger partial charge in [-0.25, -0.2) is 13.8 Å². The molecule has 0 amide bonds. The summed E-state index contributed by atoms with van der Waals surface area (Å²) < 4.78 is 31.3. The van der Waals surface area contributed by atoms with Gasteiger partial charge in [0.15, 0.2) is 11.1 Å². The van der Waals surface area contributed by atoms with E-state index in [4.69, 9.17) is 15.9 Å². The van der Waals surface area contributed by atoms with Crippen molar-refractivity contribution in [3.8, 4) is 83.6 Å². The zero-order chi connectivity index (χ0) is 31.4. The van der Waals surface area contributed by atoms with Crippen LogP contribution in [0.4, 0.5) is 0 Å². The molecule has 7 heteroatoms. The van der Waals surface area contributed by atoms with E-state index in [1.165, 1.54) is 63.5 Å². The van der Waals surface area contributed by atoms with Crippen LogP contribution < -0.4 is 0 Å². The third-order valence-corrected chi connectivity index (χ3v) is 6.34. The molecule has 0 aliphatic carbocycles. The molecule has 220 valence electrons. The molecule has 1 aromatic rings. The summed E-state index contributed by atoms with van der Waals surface area (Å²) >= 11 is -2.44. The van der Waals surface area contributed by atoms with E-state index >= 15 is 0 Å². The Balaban J connectivity index is 2.52. The molecule has 0 aromatic heterocycles. The highest BCUT2D eigenvalue weighted by molar-refractivity contribution is 7.79. The second-order valence-corrected chi connectivity index (χ2v) is 10.0. The fourth-order valence-corrected chi connectivity index (χ4v) is 4.06. The van der Waals surface area contributed by atoms with Gasteiger partial charge in [0.05, 0.1) is 22.6 Å². The lowest BCUT2D eigenvalue weighted by atomic mass is 10.1. The lowest BCUT2D eigenvalue weighted by Gasteiger charge is -2.08. The van der Waals surface area contributed by atoms with Crippen LogP contribution in [0.25, 0.3) is 0 Å². The summed E-state index contributed by atoms with van der Waals surface area (Å²) in [6, 6.07) is 3.56. The summed E-state index contributed by atoms with van der Waals surface area (Å²) in [7, 11) is 0. The number of hydrogen-bond acceptors (Lipinski definition) is 5. The number of carbonyl (C=O) groups excluding carboxylic acids is 2. The zero-order valence-corrected chi connectivity index (χ0v) is 25.2. The second kappa shape index (κ2) is 24.9. The Morgan fingerprint density at radius 3 is 1.60 bits per heavy atom. The van der Waals surface area contributed by atoms with E-state index < -0.39 is 23.0 Å². The normalized spacial score (nSPS) is 9.42. The first-order chi connectivity index (χ1) is 21.0. The molecule has 0 aliphatic heterocycles. The van der Waals surface area contributed by atoms with Crippen molar-refractivity contribution in [2.75, 3.05) is 6.61 Å². The maximum atomic E-state index is 12.5. The third-order valence-electron chi connectivity index (χ3n) is 5.70. The molecule has 1 rings (SSSR count).